The Kier molecular flexibility index (Phi) is 4.58. The van der Waals surface area contributed by atoms with Crippen molar-refractivity contribution in [2.75, 3.05) is 24.3 Å². The van der Waals surface area contributed by atoms with Crippen LogP contribution >= 0.6 is 11.6 Å². The molecule has 1 fully saturated rings. The summed E-state index contributed by atoms with van der Waals surface area (Å²) in [5.41, 5.74) is 0. The molecule has 6 heteroatoms. The Hall–Kier alpha value is -1.10. The lowest BCUT2D eigenvalue weighted by Gasteiger charge is -2.17. The summed E-state index contributed by atoms with van der Waals surface area (Å²) < 4.78 is 0. The lowest BCUT2D eigenvalue weighted by Crippen LogP contribution is -2.22. The molecule has 100 valence electrons. The zero-order valence-electron chi connectivity index (χ0n) is 11.0. The summed E-state index contributed by atoms with van der Waals surface area (Å²) in [7, 11) is 3.78. The first kappa shape index (κ1) is 13.3. The van der Waals surface area contributed by atoms with E-state index in [4.69, 9.17) is 11.6 Å². The Labute approximate surface area is 113 Å². The lowest BCUT2D eigenvalue weighted by atomic mass is 10.1. The average Bonchev–Trinajstić information content (AvgIpc) is 2.57. The Morgan fingerprint density at radius 1 is 1.06 bits per heavy atom. The van der Waals surface area contributed by atoms with Gasteiger partial charge in [0, 0.05) is 20.1 Å². The molecule has 1 heterocycles. The molecule has 5 nitrogen and oxygen atoms in total. The van der Waals surface area contributed by atoms with E-state index < -0.39 is 0 Å². The molecule has 1 aliphatic rings. The number of hydrogen-bond acceptors (Lipinski definition) is 5. The molecular formula is C12H20ClN5. The first-order valence-corrected chi connectivity index (χ1v) is 6.88. The summed E-state index contributed by atoms with van der Waals surface area (Å²) in [4.78, 5) is 14.4. The van der Waals surface area contributed by atoms with Crippen LogP contribution in [0.25, 0.3) is 0 Å². The summed E-state index contributed by atoms with van der Waals surface area (Å²) in [5, 5.41) is 3.62. The molecule has 0 aliphatic heterocycles. The number of nitrogens with zero attached hydrogens (tertiary/aromatic N) is 4. The maximum absolute atomic E-state index is 5.92. The van der Waals surface area contributed by atoms with Crippen molar-refractivity contribution in [2.45, 2.75) is 44.6 Å². The monoisotopic (exact) mass is 269 g/mol. The molecule has 1 aromatic heterocycles. The van der Waals surface area contributed by atoms with Crippen molar-refractivity contribution < 1.29 is 0 Å². The van der Waals surface area contributed by atoms with E-state index in [0.29, 0.717) is 17.9 Å². The normalized spacial score (nSPS) is 17.3. The van der Waals surface area contributed by atoms with Crippen LogP contribution in [0.2, 0.25) is 5.28 Å². The van der Waals surface area contributed by atoms with Gasteiger partial charge in [-0.3, -0.25) is 0 Å². The molecular weight excluding hydrogens is 250 g/mol. The van der Waals surface area contributed by atoms with Gasteiger partial charge in [0.15, 0.2) is 0 Å². The lowest BCUT2D eigenvalue weighted by molar-refractivity contribution is 0.614. The number of rotatable bonds is 3. The van der Waals surface area contributed by atoms with E-state index in [1.807, 2.05) is 19.0 Å². The fourth-order valence-electron chi connectivity index (χ4n) is 2.21. The summed E-state index contributed by atoms with van der Waals surface area (Å²) in [6.07, 6.45) is 7.58. The first-order chi connectivity index (χ1) is 8.65. The highest BCUT2D eigenvalue weighted by atomic mass is 35.5. The molecule has 0 bridgehead atoms. The molecule has 1 aromatic rings. The predicted molar refractivity (Wildman–Crippen MR) is 74.3 cm³/mol. The van der Waals surface area contributed by atoms with Crippen molar-refractivity contribution in [2.24, 2.45) is 0 Å². The number of aromatic nitrogens is 3. The van der Waals surface area contributed by atoms with E-state index in [-0.39, 0.29) is 5.28 Å². The molecule has 0 saturated heterocycles. The Morgan fingerprint density at radius 2 is 1.72 bits per heavy atom. The molecule has 2 rings (SSSR count). The third kappa shape index (κ3) is 3.70. The standard InChI is InChI=1S/C12H20ClN5/c1-18(2)12-16-10(13)15-11(17-12)14-9-7-5-3-4-6-8-9/h9H,3-8H2,1-2H3,(H,14,15,16,17). The molecule has 0 aromatic carbocycles. The van der Waals surface area contributed by atoms with Gasteiger partial charge < -0.3 is 10.2 Å². The Morgan fingerprint density at radius 3 is 2.33 bits per heavy atom. The maximum Gasteiger partial charge on any atom is 0.230 e. The highest BCUT2D eigenvalue weighted by Crippen LogP contribution is 2.20. The van der Waals surface area contributed by atoms with E-state index in [1.54, 1.807) is 0 Å². The van der Waals surface area contributed by atoms with Crippen LogP contribution in [-0.4, -0.2) is 35.1 Å². The quantitative estimate of drug-likeness (QED) is 0.855. The van der Waals surface area contributed by atoms with Gasteiger partial charge >= 0.3 is 0 Å². The van der Waals surface area contributed by atoms with E-state index in [2.05, 4.69) is 20.3 Å². The third-order valence-corrected chi connectivity index (χ3v) is 3.35. The fraction of sp³-hybridized carbons (Fsp3) is 0.750. The number of nitrogens with one attached hydrogen (secondary N) is 1. The smallest absolute Gasteiger partial charge is 0.230 e. The summed E-state index contributed by atoms with van der Waals surface area (Å²) in [6.45, 7) is 0. The van der Waals surface area contributed by atoms with Crippen molar-refractivity contribution in [1.82, 2.24) is 15.0 Å². The predicted octanol–water partition coefficient (Wildman–Crippen LogP) is 2.73. The average molecular weight is 270 g/mol. The molecule has 1 aliphatic carbocycles. The van der Waals surface area contributed by atoms with E-state index in [1.165, 1.54) is 38.5 Å². The van der Waals surface area contributed by atoms with Crippen molar-refractivity contribution in [1.29, 1.82) is 0 Å². The van der Waals surface area contributed by atoms with Crippen molar-refractivity contribution >= 4 is 23.5 Å². The molecule has 0 radical (unpaired) electrons. The number of halogens is 1. The van der Waals surface area contributed by atoms with Crippen LogP contribution in [0.4, 0.5) is 11.9 Å². The van der Waals surface area contributed by atoms with Crippen LogP contribution < -0.4 is 10.2 Å². The summed E-state index contributed by atoms with van der Waals surface area (Å²) in [6, 6.07) is 0.459. The van der Waals surface area contributed by atoms with E-state index in [9.17, 15) is 0 Å². The van der Waals surface area contributed by atoms with Crippen molar-refractivity contribution in [3.8, 4) is 0 Å². The molecule has 0 amide bonds. The fourth-order valence-corrected chi connectivity index (χ4v) is 2.37. The van der Waals surface area contributed by atoms with E-state index >= 15 is 0 Å². The van der Waals surface area contributed by atoms with Crippen LogP contribution in [0.1, 0.15) is 38.5 Å². The van der Waals surface area contributed by atoms with Gasteiger partial charge in [-0.25, -0.2) is 0 Å². The van der Waals surface area contributed by atoms with Gasteiger partial charge in [-0.2, -0.15) is 15.0 Å². The van der Waals surface area contributed by atoms with Crippen LogP contribution in [0.5, 0.6) is 0 Å². The number of anilines is 2. The Balaban J connectivity index is 2.07. The minimum absolute atomic E-state index is 0.241. The zero-order chi connectivity index (χ0) is 13.0. The van der Waals surface area contributed by atoms with E-state index in [0.717, 1.165) is 0 Å². The first-order valence-electron chi connectivity index (χ1n) is 6.50. The number of hydrogen-bond donors (Lipinski definition) is 1. The summed E-state index contributed by atoms with van der Waals surface area (Å²) in [5.74, 6) is 1.18. The second kappa shape index (κ2) is 6.18. The zero-order valence-corrected chi connectivity index (χ0v) is 11.7. The third-order valence-electron chi connectivity index (χ3n) is 3.18. The van der Waals surface area contributed by atoms with Gasteiger partial charge in [0.05, 0.1) is 0 Å². The topological polar surface area (TPSA) is 53.9 Å². The Bertz CT molecular complexity index is 388. The van der Waals surface area contributed by atoms with Gasteiger partial charge in [0.25, 0.3) is 0 Å². The van der Waals surface area contributed by atoms with Crippen LogP contribution in [0.15, 0.2) is 0 Å². The highest BCUT2D eigenvalue weighted by Gasteiger charge is 2.14. The van der Waals surface area contributed by atoms with Gasteiger partial charge in [-0.05, 0) is 24.4 Å². The molecule has 1 saturated carbocycles. The largest absolute Gasteiger partial charge is 0.351 e. The van der Waals surface area contributed by atoms with Crippen molar-refractivity contribution in [3.05, 3.63) is 5.28 Å². The SMILES string of the molecule is CN(C)c1nc(Cl)nc(NC2CCCCCC2)n1. The molecule has 0 atom stereocenters. The molecule has 0 unspecified atom stereocenters. The second-order valence-electron chi connectivity index (χ2n) is 4.96. The summed E-state index contributed by atoms with van der Waals surface area (Å²) >= 11 is 5.92. The van der Waals surface area contributed by atoms with Crippen molar-refractivity contribution in [3.63, 3.8) is 0 Å². The van der Waals surface area contributed by atoms with Gasteiger partial charge in [-0.1, -0.05) is 25.7 Å². The van der Waals surface area contributed by atoms with Crippen LogP contribution in [0.3, 0.4) is 0 Å². The van der Waals surface area contributed by atoms with Crippen LogP contribution in [-0.2, 0) is 0 Å². The molecule has 18 heavy (non-hydrogen) atoms. The second-order valence-corrected chi connectivity index (χ2v) is 5.29. The van der Waals surface area contributed by atoms with Gasteiger partial charge in [0.2, 0.25) is 17.2 Å². The van der Waals surface area contributed by atoms with Gasteiger partial charge in [0.1, 0.15) is 0 Å². The van der Waals surface area contributed by atoms with Gasteiger partial charge in [-0.15, -0.1) is 0 Å². The minimum atomic E-state index is 0.241. The maximum atomic E-state index is 5.92. The highest BCUT2D eigenvalue weighted by molar-refractivity contribution is 6.28. The molecule has 0 spiro atoms. The minimum Gasteiger partial charge on any atom is -0.351 e. The van der Waals surface area contributed by atoms with Crippen LogP contribution in [0, 0.1) is 0 Å². The molecule has 1 N–H and O–H groups in total.